The highest BCUT2D eigenvalue weighted by Crippen LogP contribution is 2.31. The number of aliphatic hydroxyl groups is 1. The van der Waals surface area contributed by atoms with Gasteiger partial charge >= 0.3 is 0 Å². The van der Waals surface area contributed by atoms with Crippen molar-refractivity contribution in [2.45, 2.75) is 13.0 Å². The summed E-state index contributed by atoms with van der Waals surface area (Å²) in [6, 6.07) is 16.5. The lowest BCUT2D eigenvalue weighted by Crippen LogP contribution is -2.27. The Morgan fingerprint density at radius 1 is 1.09 bits per heavy atom. The number of benzene rings is 2. The number of aryl methyl sites for hydroxylation is 1. The van der Waals surface area contributed by atoms with Crippen LogP contribution in [0.15, 0.2) is 77.9 Å². The number of aromatic nitrogens is 4. The Balaban J connectivity index is 1.56. The van der Waals surface area contributed by atoms with E-state index in [4.69, 9.17) is 11.6 Å². The molecule has 0 unspecified atom stereocenters. The minimum Gasteiger partial charge on any atom is -0.394 e. The molecule has 8 heteroatoms. The second-order valence-electron chi connectivity index (χ2n) is 8.02. The van der Waals surface area contributed by atoms with Gasteiger partial charge in [0.15, 0.2) is 0 Å². The Morgan fingerprint density at radius 2 is 1.91 bits per heavy atom. The van der Waals surface area contributed by atoms with Crippen molar-refractivity contribution < 1.29 is 9.50 Å². The van der Waals surface area contributed by atoms with E-state index in [-0.39, 0.29) is 16.1 Å². The fourth-order valence-corrected chi connectivity index (χ4v) is 4.33. The molecule has 6 nitrogen and oxygen atoms in total. The zero-order valence-corrected chi connectivity index (χ0v) is 18.9. The van der Waals surface area contributed by atoms with Gasteiger partial charge in [0.05, 0.1) is 23.2 Å². The number of fused-ring (bicyclic) bond motifs is 1. The van der Waals surface area contributed by atoms with Crippen molar-refractivity contribution in [1.82, 2.24) is 19.7 Å². The molecule has 0 saturated carbocycles. The first-order chi connectivity index (χ1) is 16.5. The molecule has 5 aromatic rings. The van der Waals surface area contributed by atoms with Gasteiger partial charge in [-0.1, -0.05) is 29.8 Å². The van der Waals surface area contributed by atoms with Crippen LogP contribution < -0.4 is 5.56 Å². The Labute approximate surface area is 199 Å². The highest BCUT2D eigenvalue weighted by molar-refractivity contribution is 6.30. The zero-order chi connectivity index (χ0) is 23.8. The van der Waals surface area contributed by atoms with E-state index in [9.17, 15) is 14.3 Å². The molecule has 0 aliphatic carbocycles. The summed E-state index contributed by atoms with van der Waals surface area (Å²) in [6.45, 7) is 1.47. The first-order valence-corrected chi connectivity index (χ1v) is 11.0. The van der Waals surface area contributed by atoms with E-state index in [0.717, 1.165) is 33.4 Å². The van der Waals surface area contributed by atoms with E-state index in [1.807, 2.05) is 37.3 Å². The second-order valence-corrected chi connectivity index (χ2v) is 8.43. The third-order valence-electron chi connectivity index (χ3n) is 5.86. The molecule has 0 bridgehead atoms. The molecule has 0 aliphatic heterocycles. The lowest BCUT2D eigenvalue weighted by molar-refractivity contribution is 0.244. The smallest absolute Gasteiger partial charge is 0.251 e. The van der Waals surface area contributed by atoms with Gasteiger partial charge in [0.1, 0.15) is 11.5 Å². The molecule has 34 heavy (non-hydrogen) atoms. The number of halogens is 2. The predicted molar refractivity (Wildman–Crippen MR) is 130 cm³/mol. The molecular formula is C26H20ClFN4O2. The third-order valence-corrected chi connectivity index (χ3v) is 6.16. The van der Waals surface area contributed by atoms with Gasteiger partial charge in [0.2, 0.25) is 0 Å². The van der Waals surface area contributed by atoms with Crippen LogP contribution in [0.3, 0.4) is 0 Å². The van der Waals surface area contributed by atoms with E-state index >= 15 is 0 Å². The minimum absolute atomic E-state index is 0.0609. The van der Waals surface area contributed by atoms with Crippen LogP contribution in [0, 0.1) is 12.7 Å². The Hall–Kier alpha value is -3.81. The van der Waals surface area contributed by atoms with Crippen molar-refractivity contribution in [2.75, 3.05) is 6.61 Å². The number of nitrogens with one attached hydrogen (secondary N) is 1. The number of aliphatic hydroxyl groups excluding tert-OH is 1. The molecule has 170 valence electrons. The zero-order valence-electron chi connectivity index (χ0n) is 18.2. The number of pyridine rings is 2. The van der Waals surface area contributed by atoms with Crippen molar-refractivity contribution in [3.63, 3.8) is 0 Å². The Bertz CT molecular complexity index is 1580. The van der Waals surface area contributed by atoms with Crippen LogP contribution in [0.1, 0.15) is 17.3 Å². The molecule has 0 spiro atoms. The summed E-state index contributed by atoms with van der Waals surface area (Å²) in [5.74, 6) is -0.650. The standard InChI is InChI=1S/C26H20ClFN4O2/c1-15-11-18(7-9-29-15)26-20-12-16(5-6-22(20)30-31-26)17-8-10-32(24(34)13-17)23(14-33)19-3-2-4-21(27)25(19)28/h2-13,23,33H,14H2,1H3,(H,30,31)/t23-/m1/s1. The Kier molecular flexibility index (Phi) is 5.73. The molecule has 3 heterocycles. The van der Waals surface area contributed by atoms with Gasteiger partial charge < -0.3 is 9.67 Å². The van der Waals surface area contributed by atoms with Crippen molar-refractivity contribution >= 4 is 22.5 Å². The SMILES string of the molecule is Cc1cc(-c2n[nH]c3ccc(-c4ccn([C@H](CO)c5cccc(Cl)c5F)c(=O)c4)cc23)ccn1. The number of aromatic amines is 1. The summed E-state index contributed by atoms with van der Waals surface area (Å²) in [6.07, 6.45) is 3.31. The molecule has 2 N–H and O–H groups in total. The number of hydrogen-bond acceptors (Lipinski definition) is 4. The van der Waals surface area contributed by atoms with Crippen LogP contribution in [-0.2, 0) is 0 Å². The summed E-state index contributed by atoms with van der Waals surface area (Å²) < 4.78 is 15.9. The maximum Gasteiger partial charge on any atom is 0.251 e. The van der Waals surface area contributed by atoms with Crippen LogP contribution >= 0.6 is 11.6 Å². The molecule has 0 aliphatic rings. The lowest BCUT2D eigenvalue weighted by atomic mass is 10.0. The fraction of sp³-hybridized carbons (Fsp3) is 0.115. The monoisotopic (exact) mass is 474 g/mol. The summed E-state index contributed by atoms with van der Waals surface area (Å²) in [5.41, 5.74) is 4.83. The summed E-state index contributed by atoms with van der Waals surface area (Å²) in [7, 11) is 0. The molecule has 3 aromatic heterocycles. The summed E-state index contributed by atoms with van der Waals surface area (Å²) in [4.78, 5) is 17.2. The van der Waals surface area contributed by atoms with E-state index in [0.29, 0.717) is 5.56 Å². The van der Waals surface area contributed by atoms with E-state index in [1.54, 1.807) is 24.5 Å². The number of nitrogens with zero attached hydrogens (tertiary/aromatic N) is 3. The van der Waals surface area contributed by atoms with Gasteiger partial charge in [-0.3, -0.25) is 14.9 Å². The molecule has 0 fully saturated rings. The van der Waals surface area contributed by atoms with Gasteiger partial charge in [-0.05, 0) is 54.4 Å². The van der Waals surface area contributed by atoms with Crippen LogP contribution in [0.25, 0.3) is 33.3 Å². The first kappa shape index (κ1) is 22.0. The maximum atomic E-state index is 14.5. The quantitative estimate of drug-likeness (QED) is 0.369. The van der Waals surface area contributed by atoms with Crippen LogP contribution in [0.5, 0.6) is 0 Å². The normalized spacial score (nSPS) is 12.2. The molecule has 0 amide bonds. The van der Waals surface area contributed by atoms with Gasteiger partial charge in [-0.25, -0.2) is 4.39 Å². The van der Waals surface area contributed by atoms with Gasteiger partial charge in [0, 0.05) is 40.7 Å². The van der Waals surface area contributed by atoms with E-state index < -0.39 is 18.5 Å². The van der Waals surface area contributed by atoms with Crippen molar-refractivity contribution in [1.29, 1.82) is 0 Å². The highest BCUT2D eigenvalue weighted by atomic mass is 35.5. The molecule has 2 aromatic carbocycles. The fourth-order valence-electron chi connectivity index (χ4n) is 4.15. The summed E-state index contributed by atoms with van der Waals surface area (Å²) in [5, 5.41) is 18.3. The van der Waals surface area contributed by atoms with Crippen LogP contribution in [-0.4, -0.2) is 31.5 Å². The van der Waals surface area contributed by atoms with Crippen molar-refractivity contribution in [2.24, 2.45) is 0 Å². The third kappa shape index (κ3) is 3.89. The molecule has 0 radical (unpaired) electrons. The maximum absolute atomic E-state index is 14.5. The number of rotatable bonds is 5. The molecule has 1 atom stereocenters. The van der Waals surface area contributed by atoms with Crippen LogP contribution in [0.4, 0.5) is 4.39 Å². The van der Waals surface area contributed by atoms with Gasteiger partial charge in [-0.2, -0.15) is 5.10 Å². The number of hydrogen-bond donors (Lipinski definition) is 2. The topological polar surface area (TPSA) is 83.8 Å². The first-order valence-electron chi connectivity index (χ1n) is 10.6. The van der Waals surface area contributed by atoms with Crippen molar-refractivity contribution in [3.05, 3.63) is 106 Å². The van der Waals surface area contributed by atoms with Crippen molar-refractivity contribution in [3.8, 4) is 22.4 Å². The van der Waals surface area contributed by atoms with Gasteiger partial charge in [0.25, 0.3) is 5.56 Å². The Morgan fingerprint density at radius 3 is 2.68 bits per heavy atom. The predicted octanol–water partition coefficient (Wildman–Crippen LogP) is 5.14. The van der Waals surface area contributed by atoms with E-state index in [1.165, 1.54) is 22.8 Å². The van der Waals surface area contributed by atoms with Crippen LogP contribution in [0.2, 0.25) is 5.02 Å². The molecule has 0 saturated heterocycles. The highest BCUT2D eigenvalue weighted by Gasteiger charge is 2.20. The number of H-pyrrole nitrogens is 1. The summed E-state index contributed by atoms with van der Waals surface area (Å²) >= 11 is 5.90. The minimum atomic E-state index is -0.891. The lowest BCUT2D eigenvalue weighted by Gasteiger charge is -2.19. The average Bonchev–Trinajstić information content (AvgIpc) is 3.26. The van der Waals surface area contributed by atoms with Gasteiger partial charge in [-0.15, -0.1) is 0 Å². The molecular weight excluding hydrogens is 455 g/mol. The molecule has 5 rings (SSSR count). The largest absolute Gasteiger partial charge is 0.394 e. The second kappa shape index (κ2) is 8.85. The van der Waals surface area contributed by atoms with E-state index in [2.05, 4.69) is 15.2 Å². The average molecular weight is 475 g/mol.